The number of carbonyl (C=O) groups is 1. The van der Waals surface area contributed by atoms with E-state index in [-0.39, 0.29) is 5.57 Å². The summed E-state index contributed by atoms with van der Waals surface area (Å²) in [6.07, 6.45) is 4.19. The molecule has 0 aromatic rings. The molecule has 3 nitrogen and oxygen atoms in total. The zero-order valence-electron chi connectivity index (χ0n) is 5.16. The second kappa shape index (κ2) is 3.72. The van der Waals surface area contributed by atoms with E-state index < -0.39 is 5.97 Å². The molecule has 3 N–H and O–H groups in total. The van der Waals surface area contributed by atoms with Crippen LogP contribution in [0.1, 0.15) is 6.92 Å². The van der Waals surface area contributed by atoms with E-state index in [1.165, 1.54) is 25.3 Å². The van der Waals surface area contributed by atoms with Gasteiger partial charge >= 0.3 is 5.97 Å². The molecule has 0 amide bonds. The maximum Gasteiger partial charge on any atom is 0.331 e. The average Bonchev–Trinajstić information content (AvgIpc) is 1.82. The van der Waals surface area contributed by atoms with Crippen LogP contribution in [0, 0.1) is 0 Å². The largest absolute Gasteiger partial charge is 0.478 e. The van der Waals surface area contributed by atoms with Crippen molar-refractivity contribution in [3.8, 4) is 0 Å². The number of aliphatic carboxylic acids is 1. The summed E-state index contributed by atoms with van der Waals surface area (Å²) in [5, 5.41) is 8.27. The van der Waals surface area contributed by atoms with Crippen molar-refractivity contribution in [2.45, 2.75) is 6.92 Å². The zero-order chi connectivity index (χ0) is 7.28. The van der Waals surface area contributed by atoms with Crippen LogP contribution in [-0.2, 0) is 4.79 Å². The molecule has 0 fully saturated rings. The van der Waals surface area contributed by atoms with E-state index in [0.717, 1.165) is 0 Å². The van der Waals surface area contributed by atoms with Crippen molar-refractivity contribution < 1.29 is 9.90 Å². The Kier molecular flexibility index (Phi) is 3.20. The monoisotopic (exact) mass is 127 g/mol. The highest BCUT2D eigenvalue weighted by molar-refractivity contribution is 5.86. The minimum atomic E-state index is -0.923. The summed E-state index contributed by atoms with van der Waals surface area (Å²) < 4.78 is 0. The molecule has 0 aliphatic rings. The van der Waals surface area contributed by atoms with Gasteiger partial charge in [0.2, 0.25) is 0 Å². The molecule has 0 radical (unpaired) electrons. The maximum atomic E-state index is 10.1. The van der Waals surface area contributed by atoms with E-state index in [4.69, 9.17) is 10.8 Å². The summed E-state index contributed by atoms with van der Waals surface area (Å²) in [6.45, 7) is 1.50. The van der Waals surface area contributed by atoms with Crippen LogP contribution >= 0.6 is 0 Å². The quantitative estimate of drug-likeness (QED) is 0.419. The molecule has 0 saturated heterocycles. The van der Waals surface area contributed by atoms with Crippen LogP contribution < -0.4 is 5.73 Å². The summed E-state index contributed by atoms with van der Waals surface area (Å²) in [7, 11) is 0. The number of carboxylic acid groups (broad SMARTS) is 1. The molecule has 0 aromatic carbocycles. The smallest absolute Gasteiger partial charge is 0.331 e. The molecule has 0 heterocycles. The summed E-state index contributed by atoms with van der Waals surface area (Å²) >= 11 is 0. The predicted molar refractivity (Wildman–Crippen MR) is 34.7 cm³/mol. The molecular weight excluding hydrogens is 118 g/mol. The Bertz CT molecular complexity index is 158. The first kappa shape index (κ1) is 7.75. The molecule has 0 rings (SSSR count). The van der Waals surface area contributed by atoms with Gasteiger partial charge in [-0.25, -0.2) is 4.79 Å². The standard InChI is InChI=1S/C6H9NO2/c1-5(6(8)9)3-2-4-7/h2-4H,7H2,1H3,(H,8,9)/b4-2-,5-3+. The molecule has 50 valence electrons. The average molecular weight is 127 g/mol. The van der Waals surface area contributed by atoms with Crippen molar-refractivity contribution >= 4 is 5.97 Å². The molecule has 3 heteroatoms. The van der Waals surface area contributed by atoms with E-state index in [1.807, 2.05) is 0 Å². The second-order valence-electron chi connectivity index (χ2n) is 1.54. The normalized spacial score (nSPS) is 12.3. The third-order valence-electron chi connectivity index (χ3n) is 0.795. The number of hydrogen-bond acceptors (Lipinski definition) is 2. The molecular formula is C6H9NO2. The lowest BCUT2D eigenvalue weighted by Crippen LogP contribution is -1.94. The van der Waals surface area contributed by atoms with Crippen LogP contribution in [0.4, 0.5) is 0 Å². The Labute approximate surface area is 53.5 Å². The highest BCUT2D eigenvalue weighted by Gasteiger charge is 1.94. The first-order valence-electron chi connectivity index (χ1n) is 2.47. The molecule has 0 saturated carbocycles. The van der Waals surface area contributed by atoms with Crippen LogP contribution in [0.15, 0.2) is 23.9 Å². The van der Waals surface area contributed by atoms with Crippen LogP contribution in [0.25, 0.3) is 0 Å². The van der Waals surface area contributed by atoms with Crippen molar-refractivity contribution in [3.63, 3.8) is 0 Å². The van der Waals surface area contributed by atoms with Gasteiger partial charge in [0, 0.05) is 5.57 Å². The highest BCUT2D eigenvalue weighted by atomic mass is 16.4. The third kappa shape index (κ3) is 3.34. The predicted octanol–water partition coefficient (Wildman–Crippen LogP) is 0.490. The molecule has 0 bridgehead atoms. The highest BCUT2D eigenvalue weighted by Crippen LogP contribution is 1.90. The SMILES string of the molecule is C/C(=C\C=C/N)C(=O)O. The Hall–Kier alpha value is -1.25. The van der Waals surface area contributed by atoms with Crippen LogP contribution in [0.3, 0.4) is 0 Å². The first-order chi connectivity index (χ1) is 4.18. The van der Waals surface area contributed by atoms with E-state index in [9.17, 15) is 4.79 Å². The molecule has 0 aromatic heterocycles. The molecule has 0 atom stereocenters. The van der Waals surface area contributed by atoms with Crippen molar-refractivity contribution in [1.82, 2.24) is 0 Å². The van der Waals surface area contributed by atoms with Gasteiger partial charge in [0.25, 0.3) is 0 Å². The van der Waals surface area contributed by atoms with E-state index in [2.05, 4.69) is 0 Å². The maximum absolute atomic E-state index is 10.1. The Morgan fingerprint density at radius 2 is 2.22 bits per heavy atom. The third-order valence-corrected chi connectivity index (χ3v) is 0.795. The molecule has 0 aliphatic heterocycles. The number of allylic oxidation sites excluding steroid dienone is 2. The lowest BCUT2D eigenvalue weighted by molar-refractivity contribution is -0.132. The topological polar surface area (TPSA) is 63.3 Å². The Morgan fingerprint density at radius 3 is 2.56 bits per heavy atom. The molecule has 0 spiro atoms. The van der Waals surface area contributed by atoms with Gasteiger partial charge < -0.3 is 10.8 Å². The summed E-state index contributed by atoms with van der Waals surface area (Å²) in [4.78, 5) is 10.1. The number of carboxylic acids is 1. The summed E-state index contributed by atoms with van der Waals surface area (Å²) in [6, 6.07) is 0. The van der Waals surface area contributed by atoms with Gasteiger partial charge in [-0.2, -0.15) is 0 Å². The first-order valence-corrected chi connectivity index (χ1v) is 2.47. The van der Waals surface area contributed by atoms with Gasteiger partial charge in [0.05, 0.1) is 0 Å². The van der Waals surface area contributed by atoms with Crippen molar-refractivity contribution in [3.05, 3.63) is 23.9 Å². The summed E-state index contributed by atoms with van der Waals surface area (Å²) in [5.41, 5.74) is 5.23. The van der Waals surface area contributed by atoms with Gasteiger partial charge in [-0.3, -0.25) is 0 Å². The summed E-state index contributed by atoms with van der Waals surface area (Å²) in [5.74, 6) is -0.923. The van der Waals surface area contributed by atoms with Crippen LogP contribution in [-0.4, -0.2) is 11.1 Å². The zero-order valence-corrected chi connectivity index (χ0v) is 5.16. The molecule has 0 aliphatic carbocycles. The lowest BCUT2D eigenvalue weighted by atomic mass is 10.3. The minimum Gasteiger partial charge on any atom is -0.478 e. The minimum absolute atomic E-state index is 0.275. The second-order valence-corrected chi connectivity index (χ2v) is 1.54. The van der Waals surface area contributed by atoms with Crippen molar-refractivity contribution in [1.29, 1.82) is 0 Å². The van der Waals surface area contributed by atoms with E-state index >= 15 is 0 Å². The van der Waals surface area contributed by atoms with Gasteiger partial charge in [-0.15, -0.1) is 0 Å². The van der Waals surface area contributed by atoms with E-state index in [1.54, 1.807) is 0 Å². The Morgan fingerprint density at radius 1 is 1.67 bits per heavy atom. The van der Waals surface area contributed by atoms with Gasteiger partial charge in [0.15, 0.2) is 0 Å². The van der Waals surface area contributed by atoms with E-state index in [0.29, 0.717) is 0 Å². The lowest BCUT2D eigenvalue weighted by Gasteiger charge is -1.85. The fraction of sp³-hybridized carbons (Fsp3) is 0.167. The Balaban J connectivity index is 4.00. The fourth-order valence-corrected chi connectivity index (χ4v) is 0.271. The van der Waals surface area contributed by atoms with Gasteiger partial charge in [0.1, 0.15) is 0 Å². The number of nitrogens with two attached hydrogens (primary N) is 1. The van der Waals surface area contributed by atoms with Crippen molar-refractivity contribution in [2.75, 3.05) is 0 Å². The van der Waals surface area contributed by atoms with Crippen LogP contribution in [0.2, 0.25) is 0 Å². The van der Waals surface area contributed by atoms with Crippen LogP contribution in [0.5, 0.6) is 0 Å². The number of rotatable bonds is 2. The molecule has 9 heavy (non-hydrogen) atoms. The van der Waals surface area contributed by atoms with Gasteiger partial charge in [-0.1, -0.05) is 6.08 Å². The number of hydrogen-bond donors (Lipinski definition) is 2. The fourth-order valence-electron chi connectivity index (χ4n) is 0.271. The van der Waals surface area contributed by atoms with Gasteiger partial charge in [-0.05, 0) is 19.2 Å². The van der Waals surface area contributed by atoms with Crippen molar-refractivity contribution in [2.24, 2.45) is 5.73 Å². The molecule has 0 unspecified atom stereocenters.